The highest BCUT2D eigenvalue weighted by molar-refractivity contribution is 5.58. The molecule has 1 aromatic rings. The normalized spacial score (nSPS) is 37.3. The zero-order chi connectivity index (χ0) is 15.5. The summed E-state index contributed by atoms with van der Waals surface area (Å²) in [5.74, 6) is 0.779. The molecular formula is C18H25NO3. The highest BCUT2D eigenvalue weighted by atomic mass is 16.5. The number of phenols is 1. The number of likely N-dealkylation sites (N-methyl/N-ethyl adjacent to an activating group) is 1. The fourth-order valence-corrected chi connectivity index (χ4v) is 5.47. The lowest BCUT2D eigenvalue weighted by atomic mass is 9.49. The Bertz CT molecular complexity index is 617. The van der Waals surface area contributed by atoms with E-state index in [2.05, 4.69) is 18.0 Å². The lowest BCUT2D eigenvalue weighted by molar-refractivity contribution is -0.161. The van der Waals surface area contributed by atoms with Crippen molar-refractivity contribution in [3.63, 3.8) is 0 Å². The van der Waals surface area contributed by atoms with Crippen LogP contribution in [0.3, 0.4) is 0 Å². The van der Waals surface area contributed by atoms with E-state index in [4.69, 9.17) is 4.74 Å². The Morgan fingerprint density at radius 3 is 2.77 bits per heavy atom. The Kier molecular flexibility index (Phi) is 3.01. The number of aliphatic hydroxyl groups is 1. The summed E-state index contributed by atoms with van der Waals surface area (Å²) in [5.41, 5.74) is 1.11. The molecule has 120 valence electrons. The summed E-state index contributed by atoms with van der Waals surface area (Å²) in [7, 11) is 3.71. The average Bonchev–Trinajstić information content (AvgIpc) is 2.51. The minimum absolute atomic E-state index is 0.154. The molecule has 2 aliphatic carbocycles. The number of hydrogen-bond acceptors (Lipinski definition) is 4. The molecule has 0 unspecified atom stereocenters. The maximum Gasteiger partial charge on any atom is 0.161 e. The lowest BCUT2D eigenvalue weighted by Gasteiger charge is -2.63. The second kappa shape index (κ2) is 4.62. The second-order valence-corrected chi connectivity index (χ2v) is 7.31. The minimum atomic E-state index is -0.727. The topological polar surface area (TPSA) is 52.9 Å². The van der Waals surface area contributed by atoms with E-state index in [9.17, 15) is 10.2 Å². The second-order valence-electron chi connectivity index (χ2n) is 7.31. The maximum atomic E-state index is 11.7. The van der Waals surface area contributed by atoms with Gasteiger partial charge in [-0.05, 0) is 50.9 Å². The molecule has 2 bridgehead atoms. The Balaban J connectivity index is 1.99. The van der Waals surface area contributed by atoms with Crippen LogP contribution in [0.4, 0.5) is 0 Å². The number of methoxy groups -OCH3 is 1. The fraction of sp³-hybridized carbons (Fsp3) is 0.667. The number of phenolic OH excluding ortho intramolecular Hbond substituents is 1. The highest BCUT2D eigenvalue weighted by Gasteiger charge is 2.63. The van der Waals surface area contributed by atoms with Crippen LogP contribution in [0.1, 0.15) is 43.2 Å². The van der Waals surface area contributed by atoms with Crippen LogP contribution in [0.5, 0.6) is 11.5 Å². The average molecular weight is 303 g/mol. The first-order valence-electron chi connectivity index (χ1n) is 8.35. The quantitative estimate of drug-likeness (QED) is 0.835. The van der Waals surface area contributed by atoms with Crippen molar-refractivity contribution >= 4 is 0 Å². The first-order chi connectivity index (χ1) is 10.5. The van der Waals surface area contributed by atoms with Gasteiger partial charge in [0.1, 0.15) is 0 Å². The monoisotopic (exact) mass is 303 g/mol. The number of fused-ring (bicyclic) bond motifs is 1. The molecule has 1 saturated heterocycles. The van der Waals surface area contributed by atoms with E-state index in [1.165, 1.54) is 5.56 Å². The molecule has 2 fully saturated rings. The van der Waals surface area contributed by atoms with Crippen LogP contribution in [0.25, 0.3) is 0 Å². The van der Waals surface area contributed by atoms with E-state index in [1.807, 2.05) is 6.07 Å². The van der Waals surface area contributed by atoms with Crippen molar-refractivity contribution in [1.29, 1.82) is 0 Å². The predicted molar refractivity (Wildman–Crippen MR) is 84.5 cm³/mol. The van der Waals surface area contributed by atoms with Gasteiger partial charge in [0.25, 0.3) is 0 Å². The summed E-state index contributed by atoms with van der Waals surface area (Å²) in [5, 5.41) is 22.5. The minimum Gasteiger partial charge on any atom is -0.504 e. The van der Waals surface area contributed by atoms with Crippen molar-refractivity contribution in [3.8, 4) is 11.5 Å². The van der Waals surface area contributed by atoms with Gasteiger partial charge in [-0.25, -0.2) is 0 Å². The van der Waals surface area contributed by atoms with Gasteiger partial charge in [-0.3, -0.25) is 0 Å². The predicted octanol–water partition coefficient (Wildman–Crippen LogP) is 2.20. The third-order valence-corrected chi connectivity index (χ3v) is 6.55. The molecule has 4 heteroatoms. The summed E-state index contributed by atoms with van der Waals surface area (Å²) in [6, 6.07) is 4.09. The summed E-state index contributed by atoms with van der Waals surface area (Å²) in [4.78, 5) is 2.31. The fourth-order valence-electron chi connectivity index (χ4n) is 5.47. The standard InChI is InChI=1S/C18H25NO3/c1-19-10-9-17-7-3-4-8-18(17,21)14(19)11-12-5-6-13(22-2)16(20)15(12)17/h5-6,14,20-21H,3-4,7-11H2,1-2H3/t14-,17+,18+/m0/s1. The third kappa shape index (κ3) is 1.55. The SMILES string of the molecule is COc1ccc2c(c1O)[C@]13CCCC[C@@]1(O)[C@H](C2)N(C)CC3. The largest absolute Gasteiger partial charge is 0.504 e. The van der Waals surface area contributed by atoms with Gasteiger partial charge >= 0.3 is 0 Å². The van der Waals surface area contributed by atoms with Crippen LogP contribution in [0.15, 0.2) is 12.1 Å². The maximum absolute atomic E-state index is 11.7. The molecule has 4 rings (SSSR count). The number of benzene rings is 1. The van der Waals surface area contributed by atoms with Crippen LogP contribution in [0.2, 0.25) is 0 Å². The number of likely N-dealkylation sites (tertiary alicyclic amines) is 1. The molecule has 1 saturated carbocycles. The third-order valence-electron chi connectivity index (χ3n) is 6.55. The lowest BCUT2D eigenvalue weighted by Crippen LogP contribution is -2.71. The van der Waals surface area contributed by atoms with Crippen LogP contribution in [-0.2, 0) is 11.8 Å². The van der Waals surface area contributed by atoms with Gasteiger partial charge in [-0.1, -0.05) is 18.9 Å². The molecule has 1 heterocycles. The zero-order valence-corrected chi connectivity index (χ0v) is 13.4. The van der Waals surface area contributed by atoms with E-state index in [0.717, 1.165) is 50.6 Å². The number of hydrogen-bond donors (Lipinski definition) is 2. The molecule has 0 amide bonds. The van der Waals surface area contributed by atoms with Gasteiger partial charge in [0.15, 0.2) is 11.5 Å². The summed E-state index contributed by atoms with van der Waals surface area (Å²) >= 11 is 0. The number of aromatic hydroxyl groups is 1. The Labute approximate surface area is 131 Å². The van der Waals surface area contributed by atoms with Gasteiger partial charge < -0.3 is 19.8 Å². The van der Waals surface area contributed by atoms with Crippen molar-refractivity contribution in [1.82, 2.24) is 4.90 Å². The van der Waals surface area contributed by atoms with Crippen LogP contribution in [-0.4, -0.2) is 47.5 Å². The molecule has 0 radical (unpaired) electrons. The molecule has 4 nitrogen and oxygen atoms in total. The summed E-state index contributed by atoms with van der Waals surface area (Å²) in [6.07, 6.45) is 5.70. The molecule has 1 aromatic carbocycles. The zero-order valence-electron chi connectivity index (χ0n) is 13.4. The Morgan fingerprint density at radius 1 is 1.23 bits per heavy atom. The van der Waals surface area contributed by atoms with E-state index >= 15 is 0 Å². The van der Waals surface area contributed by atoms with Crippen LogP contribution in [0, 0.1) is 0 Å². The van der Waals surface area contributed by atoms with E-state index in [1.54, 1.807) is 7.11 Å². The van der Waals surface area contributed by atoms with Crippen LogP contribution >= 0.6 is 0 Å². The first-order valence-corrected chi connectivity index (χ1v) is 8.35. The summed E-state index contributed by atoms with van der Waals surface area (Å²) in [6.45, 7) is 0.975. The summed E-state index contributed by atoms with van der Waals surface area (Å²) < 4.78 is 5.34. The Hall–Kier alpha value is -1.26. The molecule has 1 aliphatic heterocycles. The van der Waals surface area contributed by atoms with Gasteiger partial charge in [-0.2, -0.15) is 0 Å². The molecule has 22 heavy (non-hydrogen) atoms. The van der Waals surface area contributed by atoms with Crippen LogP contribution < -0.4 is 4.74 Å². The van der Waals surface area contributed by atoms with Crippen molar-refractivity contribution < 1.29 is 14.9 Å². The number of ether oxygens (including phenoxy) is 1. The van der Waals surface area contributed by atoms with Crippen molar-refractivity contribution in [3.05, 3.63) is 23.3 Å². The molecule has 3 atom stereocenters. The first kappa shape index (κ1) is 14.3. The molecule has 3 aliphatic rings. The molecule has 0 aromatic heterocycles. The van der Waals surface area contributed by atoms with Gasteiger partial charge in [-0.15, -0.1) is 0 Å². The highest BCUT2D eigenvalue weighted by Crippen LogP contribution is 2.60. The Morgan fingerprint density at radius 2 is 2.00 bits per heavy atom. The molecule has 0 spiro atoms. The van der Waals surface area contributed by atoms with E-state index in [-0.39, 0.29) is 17.2 Å². The number of nitrogens with zero attached hydrogens (tertiary/aromatic N) is 1. The van der Waals surface area contributed by atoms with Crippen molar-refractivity contribution in [2.24, 2.45) is 0 Å². The number of rotatable bonds is 1. The molecule has 2 N–H and O–H groups in total. The molecular weight excluding hydrogens is 278 g/mol. The van der Waals surface area contributed by atoms with Crippen molar-refractivity contribution in [2.75, 3.05) is 20.7 Å². The van der Waals surface area contributed by atoms with E-state index in [0.29, 0.717) is 5.75 Å². The number of piperidine rings is 1. The van der Waals surface area contributed by atoms with Crippen molar-refractivity contribution in [2.45, 2.75) is 55.6 Å². The van der Waals surface area contributed by atoms with Gasteiger partial charge in [0, 0.05) is 17.0 Å². The van der Waals surface area contributed by atoms with Gasteiger partial charge in [0.2, 0.25) is 0 Å². The van der Waals surface area contributed by atoms with Gasteiger partial charge in [0.05, 0.1) is 12.7 Å². The van der Waals surface area contributed by atoms with E-state index < -0.39 is 5.60 Å². The smallest absolute Gasteiger partial charge is 0.161 e.